The number of aliphatic carboxylic acids is 2. The first-order valence-corrected chi connectivity index (χ1v) is 12.3. The summed E-state index contributed by atoms with van der Waals surface area (Å²) in [5.74, 6) is -2.72. The number of carboxylic acids is 2. The van der Waals surface area contributed by atoms with Crippen molar-refractivity contribution in [1.82, 2.24) is 14.9 Å². The van der Waals surface area contributed by atoms with Crippen molar-refractivity contribution in [2.24, 2.45) is 22.7 Å². The molecule has 2 saturated carbocycles. The number of nitrogens with one attached hydrogen (secondary N) is 1. The van der Waals surface area contributed by atoms with Crippen LogP contribution in [0.25, 0.3) is 0 Å². The van der Waals surface area contributed by atoms with E-state index in [2.05, 4.69) is 10.3 Å². The predicted molar refractivity (Wildman–Crippen MR) is 124 cm³/mol. The molecular weight excluding hydrogens is 469 g/mol. The Bertz CT molecular complexity index is 904. The lowest BCUT2D eigenvalue weighted by molar-refractivity contribution is -0.155. The van der Waals surface area contributed by atoms with Crippen LogP contribution in [0.2, 0.25) is 0 Å². The number of alkyl halides is 2. The number of amides is 1. The van der Waals surface area contributed by atoms with Gasteiger partial charge in [0.25, 0.3) is 0 Å². The van der Waals surface area contributed by atoms with Crippen LogP contribution in [0, 0.1) is 22.7 Å². The summed E-state index contributed by atoms with van der Waals surface area (Å²) in [6.45, 7) is 5.90. The normalized spacial score (nSPS) is 32.3. The number of halogens is 2. The van der Waals surface area contributed by atoms with E-state index < -0.39 is 40.6 Å². The lowest BCUT2D eigenvalue weighted by atomic mass is 9.65. The second kappa shape index (κ2) is 9.82. The monoisotopic (exact) mass is 501 g/mol. The van der Waals surface area contributed by atoms with Crippen molar-refractivity contribution in [3.8, 4) is 0 Å². The van der Waals surface area contributed by atoms with Gasteiger partial charge < -0.3 is 20.1 Å². The minimum Gasteiger partial charge on any atom is -0.481 e. The van der Waals surface area contributed by atoms with Crippen molar-refractivity contribution < 1.29 is 24.6 Å². The Morgan fingerprint density at radius 1 is 1.18 bits per heavy atom. The van der Waals surface area contributed by atoms with Crippen molar-refractivity contribution >= 4 is 41.0 Å². The van der Waals surface area contributed by atoms with Gasteiger partial charge in [0.05, 0.1) is 22.8 Å². The first-order chi connectivity index (χ1) is 15.3. The highest BCUT2D eigenvalue weighted by molar-refractivity contribution is 6.30. The maximum atomic E-state index is 13.0. The van der Waals surface area contributed by atoms with Crippen LogP contribution in [0.4, 0.5) is 0 Å². The van der Waals surface area contributed by atoms with Gasteiger partial charge in [-0.05, 0) is 50.4 Å². The number of rotatable bonds is 8. The first-order valence-electron chi connectivity index (χ1n) is 11.4. The molecule has 184 valence electrons. The van der Waals surface area contributed by atoms with Crippen molar-refractivity contribution in [2.75, 3.05) is 0 Å². The number of imidazole rings is 1. The van der Waals surface area contributed by atoms with Crippen LogP contribution < -0.4 is 5.32 Å². The van der Waals surface area contributed by atoms with E-state index in [4.69, 9.17) is 23.2 Å². The second-order valence-electron chi connectivity index (χ2n) is 10.3. The number of carbonyl (C=O) groups is 3. The molecule has 0 saturated heterocycles. The van der Waals surface area contributed by atoms with Crippen LogP contribution in [0.5, 0.6) is 0 Å². The lowest BCUT2D eigenvalue weighted by Crippen LogP contribution is -2.49. The van der Waals surface area contributed by atoms with E-state index in [9.17, 15) is 24.6 Å². The van der Waals surface area contributed by atoms with Crippen LogP contribution in [-0.2, 0) is 27.3 Å². The molecule has 10 heteroatoms. The molecule has 0 aliphatic heterocycles. The number of aromatic nitrogens is 2. The van der Waals surface area contributed by atoms with Gasteiger partial charge in [0, 0.05) is 30.5 Å². The van der Waals surface area contributed by atoms with E-state index in [1.165, 1.54) is 0 Å². The van der Waals surface area contributed by atoms with Gasteiger partial charge in [-0.25, -0.2) is 9.78 Å². The zero-order chi connectivity index (χ0) is 24.6. The molecule has 2 fully saturated rings. The third-order valence-corrected chi connectivity index (χ3v) is 9.13. The third kappa shape index (κ3) is 5.32. The Morgan fingerprint density at radius 3 is 2.45 bits per heavy atom. The molecule has 0 aromatic carbocycles. The molecule has 1 aromatic heterocycles. The first kappa shape index (κ1) is 25.8. The van der Waals surface area contributed by atoms with Crippen LogP contribution in [0.3, 0.4) is 0 Å². The Morgan fingerprint density at radius 2 is 1.88 bits per heavy atom. The summed E-state index contributed by atoms with van der Waals surface area (Å²) >= 11 is 12.5. The predicted octanol–water partition coefficient (Wildman–Crippen LogP) is 3.54. The Hall–Kier alpha value is -1.80. The molecule has 33 heavy (non-hydrogen) atoms. The van der Waals surface area contributed by atoms with Crippen molar-refractivity contribution in [3.05, 3.63) is 18.2 Å². The van der Waals surface area contributed by atoms with Crippen molar-refractivity contribution in [3.63, 3.8) is 0 Å². The molecule has 2 aliphatic rings. The lowest BCUT2D eigenvalue weighted by Gasteiger charge is -2.38. The minimum atomic E-state index is -1.15. The smallest absolute Gasteiger partial charge is 0.326 e. The largest absolute Gasteiger partial charge is 0.481 e. The summed E-state index contributed by atoms with van der Waals surface area (Å²) in [7, 11) is 0. The fourth-order valence-electron chi connectivity index (χ4n) is 5.26. The average Bonchev–Trinajstić information content (AvgIpc) is 3.26. The van der Waals surface area contributed by atoms with Crippen LogP contribution >= 0.6 is 23.2 Å². The summed E-state index contributed by atoms with van der Waals surface area (Å²) < 4.78 is 1.93. The topological polar surface area (TPSA) is 122 Å². The van der Waals surface area contributed by atoms with Gasteiger partial charge in [0.2, 0.25) is 5.91 Å². The van der Waals surface area contributed by atoms with E-state index in [1.54, 1.807) is 33.3 Å². The van der Waals surface area contributed by atoms with Gasteiger partial charge in [-0.3, -0.25) is 9.59 Å². The quantitative estimate of drug-likeness (QED) is 0.468. The second-order valence-corrected chi connectivity index (χ2v) is 11.4. The summed E-state index contributed by atoms with van der Waals surface area (Å²) in [6.07, 6.45) is 6.95. The van der Waals surface area contributed by atoms with Crippen molar-refractivity contribution in [1.29, 1.82) is 0 Å². The molecule has 0 spiro atoms. The number of hydrogen-bond acceptors (Lipinski definition) is 4. The molecule has 1 amide bonds. The fourth-order valence-corrected chi connectivity index (χ4v) is 5.87. The Balaban J connectivity index is 1.62. The van der Waals surface area contributed by atoms with Crippen molar-refractivity contribution in [2.45, 2.75) is 82.6 Å². The molecule has 0 bridgehead atoms. The molecule has 6 atom stereocenters. The number of nitrogens with zero attached hydrogens (tertiary/aromatic N) is 2. The van der Waals surface area contributed by atoms with Crippen LogP contribution in [0.1, 0.15) is 58.6 Å². The highest BCUT2D eigenvalue weighted by Crippen LogP contribution is 2.56. The number of carbonyl (C=O) groups excluding carboxylic acids is 1. The molecular formula is C23H33Cl2N3O5. The molecule has 3 rings (SSSR count). The molecule has 1 aromatic rings. The average molecular weight is 502 g/mol. The Labute approximate surface area is 204 Å². The molecule has 1 heterocycles. The van der Waals surface area contributed by atoms with Crippen LogP contribution in [-0.4, -0.2) is 54.4 Å². The maximum absolute atomic E-state index is 13.0. The SMILES string of the molecule is CC1(C)[C@@H](C(=O)N[C@@H](Cc2cn(CC3CCC(Cl)C(Cl)C3)cn2)C(=O)O)CC[C@@]1(C)C(=O)O. The van der Waals surface area contributed by atoms with Gasteiger partial charge in [-0.2, -0.15) is 0 Å². The maximum Gasteiger partial charge on any atom is 0.326 e. The van der Waals surface area contributed by atoms with E-state index >= 15 is 0 Å². The summed E-state index contributed by atoms with van der Waals surface area (Å²) in [5, 5.41) is 21.9. The standard InChI is InChI=1S/C23H33Cl2N3O5/c1-22(2)15(6-7-23(22,3)21(32)33)19(29)27-18(20(30)31)9-14-11-28(12-26-14)10-13-4-5-16(24)17(25)8-13/h11-13,15-18H,4-10H2,1-3H3,(H,27,29)(H,30,31)(H,32,33)/t13?,15-,16?,17?,18+,23+/m1/s1. The zero-order valence-corrected chi connectivity index (χ0v) is 20.8. The fraction of sp³-hybridized carbons (Fsp3) is 0.739. The van der Waals surface area contributed by atoms with E-state index in [0.717, 1.165) is 25.8 Å². The zero-order valence-electron chi connectivity index (χ0n) is 19.3. The Kier molecular flexibility index (Phi) is 7.68. The van der Waals surface area contributed by atoms with E-state index in [-0.39, 0.29) is 17.2 Å². The third-order valence-electron chi connectivity index (χ3n) is 8.00. The summed E-state index contributed by atoms with van der Waals surface area (Å²) in [6, 6.07) is -1.15. The van der Waals surface area contributed by atoms with Crippen LogP contribution in [0.15, 0.2) is 12.5 Å². The number of carboxylic acid groups (broad SMARTS) is 2. The van der Waals surface area contributed by atoms with Gasteiger partial charge in [0.1, 0.15) is 6.04 Å². The molecule has 0 radical (unpaired) electrons. The highest BCUT2D eigenvalue weighted by atomic mass is 35.5. The van der Waals surface area contributed by atoms with E-state index in [1.807, 2.05) is 4.57 Å². The van der Waals surface area contributed by atoms with E-state index in [0.29, 0.717) is 24.5 Å². The van der Waals surface area contributed by atoms with Gasteiger partial charge in [-0.15, -0.1) is 23.2 Å². The minimum absolute atomic E-state index is 0.000545. The molecule has 3 unspecified atom stereocenters. The van der Waals surface area contributed by atoms with Gasteiger partial charge in [0.15, 0.2) is 0 Å². The van der Waals surface area contributed by atoms with Gasteiger partial charge in [-0.1, -0.05) is 13.8 Å². The van der Waals surface area contributed by atoms with Gasteiger partial charge >= 0.3 is 11.9 Å². The summed E-state index contributed by atoms with van der Waals surface area (Å²) in [5.41, 5.74) is -1.29. The molecule has 3 N–H and O–H groups in total. The highest BCUT2D eigenvalue weighted by Gasteiger charge is 2.58. The molecule has 8 nitrogen and oxygen atoms in total. The summed E-state index contributed by atoms with van der Waals surface area (Å²) in [4.78, 5) is 41.0. The number of hydrogen-bond donors (Lipinski definition) is 3. The molecule has 2 aliphatic carbocycles.